The largest absolute Gasteiger partial charge is 0.494 e. The summed E-state index contributed by atoms with van der Waals surface area (Å²) in [6.45, 7) is -0.466. The van der Waals surface area contributed by atoms with Gasteiger partial charge < -0.3 is 14.8 Å². The van der Waals surface area contributed by atoms with Gasteiger partial charge >= 0.3 is 5.97 Å². The number of esters is 1. The molecule has 0 saturated carbocycles. The third kappa shape index (κ3) is 4.77. The van der Waals surface area contributed by atoms with Crippen molar-refractivity contribution < 1.29 is 19.1 Å². The van der Waals surface area contributed by atoms with Crippen molar-refractivity contribution in [3.63, 3.8) is 0 Å². The van der Waals surface area contributed by atoms with E-state index in [1.54, 1.807) is 24.3 Å². The van der Waals surface area contributed by atoms with Crippen LogP contribution in [-0.2, 0) is 9.53 Å². The second-order valence-electron chi connectivity index (χ2n) is 4.61. The molecule has 0 aliphatic rings. The van der Waals surface area contributed by atoms with Gasteiger partial charge in [0.05, 0.1) is 22.7 Å². The summed E-state index contributed by atoms with van der Waals surface area (Å²) in [7, 11) is 1.41. The van der Waals surface area contributed by atoms with E-state index in [4.69, 9.17) is 44.3 Å². The first-order chi connectivity index (χ1) is 11.4. The minimum Gasteiger partial charge on any atom is -0.494 e. The van der Waals surface area contributed by atoms with Crippen LogP contribution in [-0.4, -0.2) is 25.6 Å². The van der Waals surface area contributed by atoms with Crippen LogP contribution >= 0.6 is 34.8 Å². The van der Waals surface area contributed by atoms with Crippen molar-refractivity contribution in [2.45, 2.75) is 0 Å². The molecule has 2 aromatic carbocycles. The van der Waals surface area contributed by atoms with Crippen LogP contribution in [0, 0.1) is 0 Å². The molecule has 0 spiro atoms. The zero-order chi connectivity index (χ0) is 17.7. The summed E-state index contributed by atoms with van der Waals surface area (Å²) < 4.78 is 9.93. The highest BCUT2D eigenvalue weighted by Gasteiger charge is 2.16. The molecule has 2 rings (SSSR count). The number of hydrogen-bond donors (Lipinski definition) is 1. The number of halogens is 3. The normalized spacial score (nSPS) is 10.2. The topological polar surface area (TPSA) is 64.6 Å². The molecule has 0 radical (unpaired) electrons. The molecule has 5 nitrogen and oxygen atoms in total. The van der Waals surface area contributed by atoms with Gasteiger partial charge in [0.1, 0.15) is 0 Å². The zero-order valence-electron chi connectivity index (χ0n) is 12.4. The molecule has 0 unspecified atom stereocenters. The van der Waals surface area contributed by atoms with Crippen LogP contribution in [0.2, 0.25) is 15.1 Å². The van der Waals surface area contributed by atoms with E-state index in [2.05, 4.69) is 5.32 Å². The lowest BCUT2D eigenvalue weighted by molar-refractivity contribution is -0.119. The lowest BCUT2D eigenvalue weighted by Gasteiger charge is -2.09. The molecule has 0 fully saturated rings. The summed E-state index contributed by atoms with van der Waals surface area (Å²) in [5.74, 6) is -0.979. The van der Waals surface area contributed by atoms with Gasteiger partial charge in [-0.1, -0.05) is 40.9 Å². The van der Waals surface area contributed by atoms with E-state index < -0.39 is 18.5 Å². The monoisotopic (exact) mass is 387 g/mol. The van der Waals surface area contributed by atoms with E-state index in [0.29, 0.717) is 10.7 Å². The Hall–Kier alpha value is -1.95. The highest BCUT2D eigenvalue weighted by atomic mass is 35.5. The van der Waals surface area contributed by atoms with Crippen LogP contribution in [0.3, 0.4) is 0 Å². The van der Waals surface area contributed by atoms with Gasteiger partial charge in [-0.2, -0.15) is 0 Å². The van der Waals surface area contributed by atoms with E-state index in [1.807, 2.05) is 0 Å². The first-order valence-corrected chi connectivity index (χ1v) is 7.79. The van der Waals surface area contributed by atoms with E-state index in [1.165, 1.54) is 19.2 Å². The summed E-state index contributed by atoms with van der Waals surface area (Å²) >= 11 is 17.7. The number of amides is 1. The standard InChI is InChI=1S/C16H12Cl3NO4/c1-23-15-12(18)5-9(6-13(15)19)16(22)24-8-14(21)20-11-4-2-3-10(17)7-11/h2-7H,8H2,1H3,(H,20,21). The summed E-state index contributed by atoms with van der Waals surface area (Å²) in [5.41, 5.74) is 0.612. The van der Waals surface area contributed by atoms with Crippen molar-refractivity contribution in [2.75, 3.05) is 19.0 Å². The second kappa shape index (κ2) is 8.24. The van der Waals surface area contributed by atoms with E-state index in [-0.39, 0.29) is 21.4 Å². The highest BCUT2D eigenvalue weighted by Crippen LogP contribution is 2.33. The molecule has 0 aliphatic heterocycles. The van der Waals surface area contributed by atoms with Crippen LogP contribution < -0.4 is 10.1 Å². The Bertz CT molecular complexity index is 757. The molecule has 1 amide bonds. The third-order valence-corrected chi connectivity index (χ3v) is 3.68. The molecule has 2 aromatic rings. The molecule has 0 bridgehead atoms. The van der Waals surface area contributed by atoms with Crippen molar-refractivity contribution in [2.24, 2.45) is 0 Å². The average molecular weight is 389 g/mol. The lowest BCUT2D eigenvalue weighted by Crippen LogP contribution is -2.21. The van der Waals surface area contributed by atoms with Crippen molar-refractivity contribution in [3.05, 3.63) is 57.0 Å². The highest BCUT2D eigenvalue weighted by molar-refractivity contribution is 6.37. The van der Waals surface area contributed by atoms with Gasteiger partial charge in [-0.3, -0.25) is 4.79 Å². The third-order valence-electron chi connectivity index (χ3n) is 2.88. The van der Waals surface area contributed by atoms with E-state index >= 15 is 0 Å². The van der Waals surface area contributed by atoms with Crippen molar-refractivity contribution in [3.8, 4) is 5.75 Å². The van der Waals surface area contributed by atoms with Crippen LogP contribution in [0.15, 0.2) is 36.4 Å². The minimum atomic E-state index is -0.734. The maximum Gasteiger partial charge on any atom is 0.338 e. The predicted molar refractivity (Wildman–Crippen MR) is 93.4 cm³/mol. The molecule has 1 N–H and O–H groups in total. The van der Waals surface area contributed by atoms with Crippen LogP contribution in [0.4, 0.5) is 5.69 Å². The first kappa shape index (κ1) is 18.4. The molecule has 0 aromatic heterocycles. The number of nitrogens with one attached hydrogen (secondary N) is 1. The Morgan fingerprint density at radius 1 is 1.08 bits per heavy atom. The lowest BCUT2D eigenvalue weighted by atomic mass is 10.2. The SMILES string of the molecule is COc1c(Cl)cc(C(=O)OCC(=O)Nc2cccc(Cl)c2)cc1Cl. The summed E-state index contributed by atoms with van der Waals surface area (Å²) in [6, 6.07) is 9.30. The van der Waals surface area contributed by atoms with Crippen LogP contribution in [0.1, 0.15) is 10.4 Å². The number of carbonyl (C=O) groups excluding carboxylic acids is 2. The summed E-state index contributed by atoms with van der Waals surface area (Å²) in [4.78, 5) is 23.8. The predicted octanol–water partition coefficient (Wildman–Crippen LogP) is 4.45. The quantitative estimate of drug-likeness (QED) is 0.769. The fourth-order valence-corrected chi connectivity index (χ4v) is 2.68. The van der Waals surface area contributed by atoms with Crippen LogP contribution in [0.5, 0.6) is 5.75 Å². The fourth-order valence-electron chi connectivity index (χ4n) is 1.85. The van der Waals surface area contributed by atoms with Gasteiger partial charge in [-0.15, -0.1) is 0 Å². The Morgan fingerprint density at radius 2 is 1.75 bits per heavy atom. The van der Waals surface area contributed by atoms with Crippen LogP contribution in [0.25, 0.3) is 0 Å². The number of benzene rings is 2. The van der Waals surface area contributed by atoms with Crippen molar-refractivity contribution in [1.29, 1.82) is 0 Å². The Kier molecular flexibility index (Phi) is 6.31. The number of ether oxygens (including phenoxy) is 2. The smallest absolute Gasteiger partial charge is 0.338 e. The van der Waals surface area contributed by atoms with Gasteiger partial charge in [0, 0.05) is 10.7 Å². The molecule has 24 heavy (non-hydrogen) atoms. The number of hydrogen-bond acceptors (Lipinski definition) is 4. The number of rotatable bonds is 5. The van der Waals surface area contributed by atoms with Gasteiger partial charge in [-0.05, 0) is 30.3 Å². The van der Waals surface area contributed by atoms with Gasteiger partial charge in [-0.25, -0.2) is 4.79 Å². The maximum atomic E-state index is 12.0. The number of carbonyl (C=O) groups is 2. The van der Waals surface area contributed by atoms with Gasteiger partial charge in [0.25, 0.3) is 5.91 Å². The van der Waals surface area contributed by atoms with Crippen molar-refractivity contribution in [1.82, 2.24) is 0 Å². The molecule has 0 atom stereocenters. The summed E-state index contributed by atoms with van der Waals surface area (Å²) in [5, 5.41) is 3.37. The molecule has 126 valence electrons. The summed E-state index contributed by atoms with van der Waals surface area (Å²) in [6.07, 6.45) is 0. The Morgan fingerprint density at radius 3 is 2.33 bits per heavy atom. The molecular weight excluding hydrogens is 377 g/mol. The van der Waals surface area contributed by atoms with Gasteiger partial charge in [0.2, 0.25) is 0 Å². The Labute approximate surface area is 153 Å². The molecule has 0 heterocycles. The average Bonchev–Trinajstić information content (AvgIpc) is 2.52. The fraction of sp³-hybridized carbons (Fsp3) is 0.125. The number of methoxy groups -OCH3 is 1. The maximum absolute atomic E-state index is 12.0. The zero-order valence-corrected chi connectivity index (χ0v) is 14.7. The number of anilines is 1. The minimum absolute atomic E-state index is 0.112. The molecular formula is C16H12Cl3NO4. The van der Waals surface area contributed by atoms with E-state index in [0.717, 1.165) is 0 Å². The van der Waals surface area contributed by atoms with Gasteiger partial charge in [0.15, 0.2) is 12.4 Å². The first-order valence-electron chi connectivity index (χ1n) is 6.66. The molecule has 8 heteroatoms. The van der Waals surface area contributed by atoms with Crippen molar-refractivity contribution >= 4 is 52.4 Å². The van der Waals surface area contributed by atoms with E-state index in [9.17, 15) is 9.59 Å². The molecule has 0 aliphatic carbocycles. The molecule has 0 saturated heterocycles. The second-order valence-corrected chi connectivity index (χ2v) is 5.86. The Balaban J connectivity index is 1.96.